The maximum Gasteiger partial charge on any atom is 0.162 e. The highest BCUT2D eigenvalue weighted by atomic mass is 35.5. The maximum absolute atomic E-state index is 11.9. The van der Waals surface area contributed by atoms with E-state index in [1.54, 1.807) is 6.07 Å². The molecule has 0 N–H and O–H groups in total. The molecule has 0 atom stereocenters. The normalized spacial score (nSPS) is 15.0. The molecule has 0 aliphatic heterocycles. The Morgan fingerprint density at radius 3 is 2.81 bits per heavy atom. The number of hydrogen-bond acceptors (Lipinski definition) is 1. The summed E-state index contributed by atoms with van der Waals surface area (Å²) in [5, 5.41) is 1.00. The number of ketones is 1. The first-order valence-corrected chi connectivity index (χ1v) is 6.09. The molecule has 0 amide bonds. The van der Waals surface area contributed by atoms with E-state index in [1.807, 2.05) is 18.2 Å². The molecule has 0 saturated heterocycles. The molecule has 0 bridgehead atoms. The second kappa shape index (κ2) is 5.03. The third kappa shape index (κ3) is 2.47. The van der Waals surface area contributed by atoms with Gasteiger partial charge in [-0.3, -0.25) is 4.79 Å². The van der Waals surface area contributed by atoms with Gasteiger partial charge in [-0.2, -0.15) is 0 Å². The Kier molecular flexibility index (Phi) is 3.67. The van der Waals surface area contributed by atoms with Crippen LogP contribution in [0.5, 0.6) is 0 Å². The second-order valence-electron chi connectivity index (χ2n) is 3.93. The molecule has 0 radical (unpaired) electrons. The van der Waals surface area contributed by atoms with E-state index in [0.29, 0.717) is 16.5 Å². The Bertz CT molecular complexity index is 449. The number of carbonyl (C=O) groups excluding carboxylic acids is 1. The molecular weight excluding hydrogens is 243 g/mol. The fraction of sp³-hybridized carbons (Fsp3) is 0.308. The maximum atomic E-state index is 11.9. The Labute approximate surface area is 105 Å². The molecule has 1 aliphatic carbocycles. The SMILES string of the molecule is O=C(Cc1cccc(Cl)c1Cl)C1=CCCC1. The van der Waals surface area contributed by atoms with E-state index >= 15 is 0 Å². The van der Waals surface area contributed by atoms with Crippen LogP contribution in [0.15, 0.2) is 29.8 Å². The van der Waals surface area contributed by atoms with Crippen molar-refractivity contribution in [3.63, 3.8) is 0 Å². The number of benzene rings is 1. The van der Waals surface area contributed by atoms with Crippen LogP contribution >= 0.6 is 23.2 Å². The van der Waals surface area contributed by atoms with Crippen LogP contribution < -0.4 is 0 Å². The van der Waals surface area contributed by atoms with Gasteiger partial charge in [-0.1, -0.05) is 41.4 Å². The van der Waals surface area contributed by atoms with E-state index in [2.05, 4.69) is 0 Å². The zero-order valence-electron chi connectivity index (χ0n) is 8.80. The third-order valence-corrected chi connectivity index (χ3v) is 3.64. The molecule has 2 rings (SSSR count). The molecule has 1 aliphatic rings. The lowest BCUT2D eigenvalue weighted by Crippen LogP contribution is -2.05. The highest BCUT2D eigenvalue weighted by Crippen LogP contribution is 2.27. The number of hydrogen-bond donors (Lipinski definition) is 0. The van der Waals surface area contributed by atoms with Gasteiger partial charge < -0.3 is 0 Å². The van der Waals surface area contributed by atoms with Gasteiger partial charge in [-0.15, -0.1) is 0 Å². The molecule has 3 heteroatoms. The Morgan fingerprint density at radius 2 is 2.12 bits per heavy atom. The molecule has 0 unspecified atom stereocenters. The molecule has 1 aromatic rings. The Balaban J connectivity index is 2.14. The summed E-state index contributed by atoms with van der Waals surface area (Å²) in [6.07, 6.45) is 5.39. The van der Waals surface area contributed by atoms with E-state index in [-0.39, 0.29) is 5.78 Å². The van der Waals surface area contributed by atoms with Crippen molar-refractivity contribution in [2.75, 3.05) is 0 Å². The topological polar surface area (TPSA) is 17.1 Å². The molecule has 1 aromatic carbocycles. The molecule has 0 aromatic heterocycles. The van der Waals surface area contributed by atoms with Gasteiger partial charge in [0, 0.05) is 6.42 Å². The van der Waals surface area contributed by atoms with E-state index in [4.69, 9.17) is 23.2 Å². The third-order valence-electron chi connectivity index (χ3n) is 2.78. The van der Waals surface area contributed by atoms with Crippen molar-refractivity contribution in [1.82, 2.24) is 0 Å². The molecular formula is C13H12Cl2O. The summed E-state index contributed by atoms with van der Waals surface area (Å²) < 4.78 is 0. The van der Waals surface area contributed by atoms with Gasteiger partial charge in [0.1, 0.15) is 0 Å². The molecule has 84 valence electrons. The van der Waals surface area contributed by atoms with Gasteiger partial charge in [0.2, 0.25) is 0 Å². The minimum Gasteiger partial charge on any atom is -0.294 e. The van der Waals surface area contributed by atoms with E-state index in [1.165, 1.54) is 0 Å². The molecule has 0 fully saturated rings. The first kappa shape index (κ1) is 11.7. The van der Waals surface area contributed by atoms with Gasteiger partial charge in [-0.05, 0) is 36.5 Å². The van der Waals surface area contributed by atoms with E-state index < -0.39 is 0 Å². The van der Waals surface area contributed by atoms with Crippen molar-refractivity contribution in [3.05, 3.63) is 45.5 Å². The van der Waals surface area contributed by atoms with Crippen LogP contribution in [0.3, 0.4) is 0 Å². The standard InChI is InChI=1S/C13H12Cl2O/c14-11-7-3-6-10(13(11)15)8-12(16)9-4-1-2-5-9/h3-4,6-7H,1-2,5,8H2. The van der Waals surface area contributed by atoms with Crippen molar-refractivity contribution < 1.29 is 4.79 Å². The van der Waals surface area contributed by atoms with E-state index in [9.17, 15) is 4.79 Å². The second-order valence-corrected chi connectivity index (χ2v) is 4.72. The lowest BCUT2D eigenvalue weighted by Gasteiger charge is -2.05. The Hall–Kier alpha value is -0.790. The summed E-state index contributed by atoms with van der Waals surface area (Å²) >= 11 is 11.9. The first-order chi connectivity index (χ1) is 7.68. The molecule has 0 saturated carbocycles. The summed E-state index contributed by atoms with van der Waals surface area (Å²) in [7, 11) is 0. The van der Waals surface area contributed by atoms with Crippen molar-refractivity contribution in [2.45, 2.75) is 25.7 Å². The lowest BCUT2D eigenvalue weighted by atomic mass is 10.0. The van der Waals surface area contributed by atoms with Gasteiger partial charge in [0.15, 0.2) is 5.78 Å². The number of allylic oxidation sites excluding steroid dienone is 2. The summed E-state index contributed by atoms with van der Waals surface area (Å²) in [4.78, 5) is 11.9. The fourth-order valence-corrected chi connectivity index (χ4v) is 2.28. The predicted octanol–water partition coefficient (Wildman–Crippen LogP) is 4.22. The number of halogens is 2. The number of carbonyl (C=O) groups is 1. The first-order valence-electron chi connectivity index (χ1n) is 5.33. The van der Waals surface area contributed by atoms with Crippen molar-refractivity contribution in [1.29, 1.82) is 0 Å². The summed E-state index contributed by atoms with van der Waals surface area (Å²) in [6.45, 7) is 0. The van der Waals surface area contributed by atoms with Gasteiger partial charge in [0.05, 0.1) is 10.0 Å². The monoisotopic (exact) mass is 254 g/mol. The molecule has 16 heavy (non-hydrogen) atoms. The summed E-state index contributed by atoms with van der Waals surface area (Å²) in [6, 6.07) is 5.40. The highest BCUT2D eigenvalue weighted by Gasteiger charge is 2.15. The largest absolute Gasteiger partial charge is 0.294 e. The zero-order chi connectivity index (χ0) is 11.5. The lowest BCUT2D eigenvalue weighted by molar-refractivity contribution is -0.115. The molecule has 0 spiro atoms. The number of Topliss-reactive ketones (excluding diaryl/α,β-unsaturated/α-hetero) is 1. The zero-order valence-corrected chi connectivity index (χ0v) is 10.3. The van der Waals surface area contributed by atoms with Gasteiger partial charge in [0.25, 0.3) is 0 Å². The van der Waals surface area contributed by atoms with Crippen molar-refractivity contribution in [2.24, 2.45) is 0 Å². The smallest absolute Gasteiger partial charge is 0.162 e. The van der Waals surface area contributed by atoms with Crippen LogP contribution in [0, 0.1) is 0 Å². The Morgan fingerprint density at radius 1 is 1.31 bits per heavy atom. The van der Waals surface area contributed by atoms with Gasteiger partial charge in [-0.25, -0.2) is 0 Å². The van der Waals surface area contributed by atoms with Crippen LogP contribution in [0.1, 0.15) is 24.8 Å². The van der Waals surface area contributed by atoms with E-state index in [0.717, 1.165) is 30.4 Å². The fourth-order valence-electron chi connectivity index (χ4n) is 1.90. The van der Waals surface area contributed by atoms with Crippen LogP contribution in [0.25, 0.3) is 0 Å². The average Bonchev–Trinajstić information content (AvgIpc) is 2.78. The summed E-state index contributed by atoms with van der Waals surface area (Å²) in [5.41, 5.74) is 1.75. The van der Waals surface area contributed by atoms with Crippen LogP contribution in [-0.4, -0.2) is 5.78 Å². The van der Waals surface area contributed by atoms with Crippen molar-refractivity contribution in [3.8, 4) is 0 Å². The molecule has 0 heterocycles. The average molecular weight is 255 g/mol. The van der Waals surface area contributed by atoms with Crippen LogP contribution in [0.4, 0.5) is 0 Å². The van der Waals surface area contributed by atoms with Gasteiger partial charge >= 0.3 is 0 Å². The quantitative estimate of drug-likeness (QED) is 0.790. The van der Waals surface area contributed by atoms with Crippen LogP contribution in [-0.2, 0) is 11.2 Å². The minimum absolute atomic E-state index is 0.168. The van der Waals surface area contributed by atoms with Crippen LogP contribution in [0.2, 0.25) is 10.0 Å². The van der Waals surface area contributed by atoms with Crippen molar-refractivity contribution >= 4 is 29.0 Å². The number of rotatable bonds is 3. The molecule has 1 nitrogen and oxygen atoms in total. The summed E-state index contributed by atoms with van der Waals surface area (Å²) in [5.74, 6) is 0.168. The minimum atomic E-state index is 0.168. The highest BCUT2D eigenvalue weighted by molar-refractivity contribution is 6.42. The predicted molar refractivity (Wildman–Crippen MR) is 67.1 cm³/mol.